The van der Waals surface area contributed by atoms with Crippen LogP contribution in [0.3, 0.4) is 0 Å². The minimum Gasteiger partial charge on any atom is -0.224 e. The smallest absolute Gasteiger partial charge is 0.224 e. The average molecular weight is 335 g/mol. The van der Waals surface area contributed by atoms with Crippen LogP contribution in [0.5, 0.6) is 0 Å². The normalized spacial score (nSPS) is 17.7. The van der Waals surface area contributed by atoms with Gasteiger partial charge in [0.1, 0.15) is 10.7 Å². The summed E-state index contributed by atoms with van der Waals surface area (Å²) in [5.74, 6) is -0.269. The highest BCUT2D eigenvalue weighted by Gasteiger charge is 2.29. The molecule has 2 rings (SSSR count). The zero-order chi connectivity index (χ0) is 15.8. The second kappa shape index (κ2) is 5.66. The number of rotatable bonds is 6. The van der Waals surface area contributed by atoms with Crippen molar-refractivity contribution in [2.24, 2.45) is 11.8 Å². The summed E-state index contributed by atoms with van der Waals surface area (Å²) in [5, 5.41) is 0. The van der Waals surface area contributed by atoms with Crippen molar-refractivity contribution in [3.05, 3.63) is 24.0 Å². The van der Waals surface area contributed by atoms with Crippen LogP contribution in [0, 0.1) is 17.7 Å². The van der Waals surface area contributed by atoms with Crippen LogP contribution in [-0.2, 0) is 19.9 Å². The van der Waals surface area contributed by atoms with Gasteiger partial charge in [0.15, 0.2) is 9.84 Å². The van der Waals surface area contributed by atoms with E-state index in [1.165, 1.54) is 0 Å². The fourth-order valence-corrected chi connectivity index (χ4v) is 4.04. The molecule has 0 saturated heterocycles. The van der Waals surface area contributed by atoms with E-state index in [0.717, 1.165) is 37.3 Å². The van der Waals surface area contributed by atoms with Crippen LogP contribution in [0.25, 0.3) is 0 Å². The van der Waals surface area contributed by atoms with Crippen LogP contribution in [0.1, 0.15) is 19.8 Å². The molecule has 118 valence electrons. The van der Waals surface area contributed by atoms with Crippen molar-refractivity contribution in [2.45, 2.75) is 29.6 Å². The maximum absolute atomic E-state index is 13.7. The minimum absolute atomic E-state index is 0.181. The van der Waals surface area contributed by atoms with Gasteiger partial charge in [-0.1, -0.05) is 6.92 Å². The summed E-state index contributed by atoms with van der Waals surface area (Å²) in [6.45, 7) is 2.15. The predicted octanol–water partition coefficient (Wildman–Crippen LogP) is 1.55. The van der Waals surface area contributed by atoms with Gasteiger partial charge in [0, 0.05) is 12.8 Å². The summed E-state index contributed by atoms with van der Waals surface area (Å²) in [4.78, 5) is -0.854. The molecule has 1 saturated carbocycles. The number of sulfone groups is 1. The van der Waals surface area contributed by atoms with E-state index in [9.17, 15) is 21.2 Å². The predicted molar refractivity (Wildman–Crippen MR) is 76.6 cm³/mol. The second-order valence-electron chi connectivity index (χ2n) is 5.53. The Balaban J connectivity index is 2.26. The van der Waals surface area contributed by atoms with Crippen molar-refractivity contribution in [3.63, 3.8) is 0 Å². The largest absolute Gasteiger partial charge is 0.243 e. The molecule has 0 amide bonds. The molecule has 1 aromatic carbocycles. The van der Waals surface area contributed by atoms with Crippen molar-refractivity contribution < 1.29 is 21.2 Å². The zero-order valence-corrected chi connectivity index (χ0v) is 13.5. The molecule has 21 heavy (non-hydrogen) atoms. The van der Waals surface area contributed by atoms with E-state index in [2.05, 4.69) is 4.72 Å². The van der Waals surface area contributed by atoms with Gasteiger partial charge in [-0.05, 0) is 42.9 Å². The molecule has 5 nitrogen and oxygen atoms in total. The highest BCUT2D eigenvalue weighted by molar-refractivity contribution is 7.91. The van der Waals surface area contributed by atoms with E-state index >= 15 is 0 Å². The first-order valence-electron chi connectivity index (χ1n) is 6.60. The van der Waals surface area contributed by atoms with Gasteiger partial charge in [0.25, 0.3) is 0 Å². The number of hydrogen-bond acceptors (Lipinski definition) is 4. The molecular weight excluding hydrogens is 317 g/mol. The molecular formula is C13H18FNO4S2. The Kier molecular flexibility index (Phi) is 4.41. The van der Waals surface area contributed by atoms with Crippen LogP contribution in [0.15, 0.2) is 28.0 Å². The Bertz CT molecular complexity index is 739. The van der Waals surface area contributed by atoms with E-state index in [1.54, 1.807) is 0 Å². The molecule has 1 aliphatic rings. The summed E-state index contributed by atoms with van der Waals surface area (Å²) in [7, 11) is -7.66. The van der Waals surface area contributed by atoms with Gasteiger partial charge in [-0.3, -0.25) is 0 Å². The van der Waals surface area contributed by atoms with Crippen LogP contribution < -0.4 is 4.72 Å². The van der Waals surface area contributed by atoms with Gasteiger partial charge in [-0.25, -0.2) is 25.9 Å². The van der Waals surface area contributed by atoms with Gasteiger partial charge in [0.05, 0.1) is 4.90 Å². The van der Waals surface area contributed by atoms with Crippen molar-refractivity contribution in [2.75, 3.05) is 12.8 Å². The van der Waals surface area contributed by atoms with Crippen LogP contribution in [-0.4, -0.2) is 29.6 Å². The molecule has 1 N–H and O–H groups in total. The highest BCUT2D eigenvalue weighted by Crippen LogP contribution is 2.36. The van der Waals surface area contributed by atoms with Crippen molar-refractivity contribution in [3.8, 4) is 0 Å². The second-order valence-corrected chi connectivity index (χ2v) is 9.28. The van der Waals surface area contributed by atoms with Crippen molar-refractivity contribution in [1.82, 2.24) is 4.72 Å². The van der Waals surface area contributed by atoms with Crippen LogP contribution >= 0.6 is 0 Å². The number of halogens is 1. The third-order valence-electron chi connectivity index (χ3n) is 3.64. The molecule has 0 spiro atoms. The lowest BCUT2D eigenvalue weighted by Gasteiger charge is -2.13. The molecule has 1 aromatic rings. The van der Waals surface area contributed by atoms with Gasteiger partial charge in [0.2, 0.25) is 10.0 Å². The maximum Gasteiger partial charge on any atom is 0.243 e. The molecule has 1 aliphatic carbocycles. The van der Waals surface area contributed by atoms with Crippen LogP contribution in [0.2, 0.25) is 0 Å². The minimum atomic E-state index is -4.06. The summed E-state index contributed by atoms with van der Waals surface area (Å²) < 4.78 is 63.3. The highest BCUT2D eigenvalue weighted by atomic mass is 32.2. The zero-order valence-electron chi connectivity index (χ0n) is 11.8. The summed E-state index contributed by atoms with van der Waals surface area (Å²) in [6.07, 6.45) is 3.11. The molecule has 0 radical (unpaired) electrons. The molecule has 0 heterocycles. The van der Waals surface area contributed by atoms with Gasteiger partial charge < -0.3 is 0 Å². The first-order chi connectivity index (χ1) is 9.61. The van der Waals surface area contributed by atoms with Gasteiger partial charge >= 0.3 is 0 Å². The number of benzene rings is 1. The topological polar surface area (TPSA) is 80.3 Å². The Morgan fingerprint density at radius 1 is 1.29 bits per heavy atom. The van der Waals surface area contributed by atoms with E-state index in [1.807, 2.05) is 6.92 Å². The van der Waals surface area contributed by atoms with E-state index in [4.69, 9.17) is 0 Å². The number of sulfonamides is 1. The summed E-state index contributed by atoms with van der Waals surface area (Å²) in [5.41, 5.74) is 0. The van der Waals surface area contributed by atoms with Gasteiger partial charge in [-0.15, -0.1) is 0 Å². The Morgan fingerprint density at radius 2 is 1.90 bits per heavy atom. The van der Waals surface area contributed by atoms with Crippen molar-refractivity contribution >= 4 is 19.9 Å². The van der Waals surface area contributed by atoms with Crippen LogP contribution in [0.4, 0.5) is 4.39 Å². The molecule has 1 unspecified atom stereocenters. The van der Waals surface area contributed by atoms with E-state index in [-0.39, 0.29) is 17.4 Å². The fourth-order valence-electron chi connectivity index (χ4n) is 2.07. The molecule has 1 fully saturated rings. The lowest BCUT2D eigenvalue weighted by atomic mass is 10.1. The van der Waals surface area contributed by atoms with E-state index in [0.29, 0.717) is 5.92 Å². The summed E-state index contributed by atoms with van der Waals surface area (Å²) >= 11 is 0. The quantitative estimate of drug-likeness (QED) is 0.800. The van der Waals surface area contributed by atoms with Gasteiger partial charge in [-0.2, -0.15) is 0 Å². The lowest BCUT2D eigenvalue weighted by molar-refractivity contribution is 0.489. The number of nitrogens with one attached hydrogen (secondary N) is 1. The average Bonchev–Trinajstić information content (AvgIpc) is 3.19. The third-order valence-corrected chi connectivity index (χ3v) is 6.19. The molecule has 0 aliphatic heterocycles. The Morgan fingerprint density at radius 3 is 2.43 bits per heavy atom. The molecule has 0 aromatic heterocycles. The maximum atomic E-state index is 13.7. The first kappa shape index (κ1) is 16.4. The standard InChI is InChI=1S/C13H18FNO4S2/c1-9(10-3-4-10)8-15-21(18,19)13-7-11(20(2,16)17)5-6-12(13)14/h5-7,9-10,15H,3-4,8H2,1-2H3. The lowest BCUT2D eigenvalue weighted by Crippen LogP contribution is -2.30. The molecule has 0 bridgehead atoms. The first-order valence-corrected chi connectivity index (χ1v) is 9.98. The fraction of sp³-hybridized carbons (Fsp3) is 0.538. The third kappa shape index (κ3) is 4.02. The monoisotopic (exact) mass is 335 g/mol. The number of hydrogen-bond donors (Lipinski definition) is 1. The van der Waals surface area contributed by atoms with E-state index < -0.39 is 30.6 Å². The Hall–Kier alpha value is -0.990. The summed E-state index contributed by atoms with van der Waals surface area (Å²) in [6, 6.07) is 2.76. The molecule has 8 heteroatoms. The molecule has 1 atom stereocenters. The van der Waals surface area contributed by atoms with Crippen molar-refractivity contribution in [1.29, 1.82) is 0 Å². The SMILES string of the molecule is CC(CNS(=O)(=O)c1cc(S(C)(=O)=O)ccc1F)C1CC1. The Labute approximate surface area is 124 Å².